The van der Waals surface area contributed by atoms with Crippen molar-refractivity contribution in [3.05, 3.63) is 36.2 Å². The zero-order valence-electron chi connectivity index (χ0n) is 13.5. The number of carbonyl (C=O) groups is 1. The molecule has 0 radical (unpaired) electrons. The maximum absolute atomic E-state index is 13.4. The summed E-state index contributed by atoms with van der Waals surface area (Å²) in [6, 6.07) is 3.66. The molecule has 1 aromatic heterocycles. The van der Waals surface area contributed by atoms with Crippen molar-refractivity contribution in [3.8, 4) is 5.75 Å². The highest BCUT2D eigenvalue weighted by Crippen LogP contribution is 2.31. The minimum absolute atomic E-state index is 0.141. The van der Waals surface area contributed by atoms with Crippen LogP contribution in [0.2, 0.25) is 0 Å². The zero-order chi connectivity index (χ0) is 16.9. The van der Waals surface area contributed by atoms with E-state index in [9.17, 15) is 9.18 Å². The second-order valence-corrected chi connectivity index (χ2v) is 5.58. The molecule has 2 amide bonds. The van der Waals surface area contributed by atoms with Crippen LogP contribution in [-0.4, -0.2) is 39.3 Å². The Labute approximate surface area is 139 Å². The maximum atomic E-state index is 13.4. The standard InChI is InChI=1S/C16H20FN5O2/c1-2-24-14-9-11(17)6-7-12(14)20-16(23)22-8-4-3-5-13(22)15-18-10-19-21-15/h6-7,9-10,13H,2-5,8H2,1H3,(H,20,23)(H,18,19,21)/t13-/m0/s1. The van der Waals surface area contributed by atoms with E-state index in [1.165, 1.54) is 24.5 Å². The highest BCUT2D eigenvalue weighted by Gasteiger charge is 2.30. The minimum Gasteiger partial charge on any atom is -0.492 e. The Balaban J connectivity index is 1.78. The highest BCUT2D eigenvalue weighted by atomic mass is 19.1. The van der Waals surface area contributed by atoms with E-state index in [1.54, 1.807) is 11.8 Å². The maximum Gasteiger partial charge on any atom is 0.322 e. The summed E-state index contributed by atoms with van der Waals surface area (Å²) in [6.07, 6.45) is 4.22. The molecule has 1 aromatic carbocycles. The smallest absolute Gasteiger partial charge is 0.322 e. The molecule has 7 nitrogen and oxygen atoms in total. The third-order valence-corrected chi connectivity index (χ3v) is 4.00. The summed E-state index contributed by atoms with van der Waals surface area (Å²) >= 11 is 0. The molecule has 1 fully saturated rings. The van der Waals surface area contributed by atoms with Crippen molar-refractivity contribution in [2.24, 2.45) is 0 Å². The summed E-state index contributed by atoms with van der Waals surface area (Å²) in [6.45, 7) is 2.82. The molecule has 2 N–H and O–H groups in total. The fourth-order valence-corrected chi connectivity index (χ4v) is 2.90. The van der Waals surface area contributed by atoms with E-state index in [4.69, 9.17) is 4.74 Å². The number of rotatable bonds is 4. The van der Waals surface area contributed by atoms with Gasteiger partial charge in [0.15, 0.2) is 0 Å². The Morgan fingerprint density at radius 1 is 1.50 bits per heavy atom. The second-order valence-electron chi connectivity index (χ2n) is 5.58. The van der Waals surface area contributed by atoms with Gasteiger partial charge in [0, 0.05) is 12.6 Å². The van der Waals surface area contributed by atoms with Gasteiger partial charge < -0.3 is 15.0 Å². The average molecular weight is 333 g/mol. The average Bonchev–Trinajstić information content (AvgIpc) is 3.12. The molecule has 1 aliphatic rings. The number of hydrogen-bond acceptors (Lipinski definition) is 4. The van der Waals surface area contributed by atoms with Gasteiger partial charge >= 0.3 is 6.03 Å². The quantitative estimate of drug-likeness (QED) is 0.900. The first-order valence-corrected chi connectivity index (χ1v) is 8.04. The van der Waals surface area contributed by atoms with Crippen molar-refractivity contribution in [1.82, 2.24) is 20.1 Å². The van der Waals surface area contributed by atoms with E-state index in [0.717, 1.165) is 19.3 Å². The van der Waals surface area contributed by atoms with Gasteiger partial charge in [0.1, 0.15) is 23.7 Å². The first kappa shape index (κ1) is 16.2. The number of hydrogen-bond donors (Lipinski definition) is 2. The number of urea groups is 1. The third kappa shape index (κ3) is 3.47. The lowest BCUT2D eigenvalue weighted by molar-refractivity contribution is 0.159. The predicted octanol–water partition coefficient (Wildman–Crippen LogP) is 3.10. The number of nitrogens with zero attached hydrogens (tertiary/aromatic N) is 3. The van der Waals surface area contributed by atoms with Gasteiger partial charge in [-0.3, -0.25) is 5.10 Å². The Kier molecular flexibility index (Phi) is 4.93. The molecule has 0 spiro atoms. The Morgan fingerprint density at radius 2 is 2.38 bits per heavy atom. The summed E-state index contributed by atoms with van der Waals surface area (Å²) < 4.78 is 18.8. The normalized spacial score (nSPS) is 17.6. The first-order valence-electron chi connectivity index (χ1n) is 8.04. The molecular weight excluding hydrogens is 313 g/mol. The number of anilines is 1. The number of carbonyl (C=O) groups excluding carboxylic acids is 1. The van der Waals surface area contributed by atoms with Crippen molar-refractivity contribution in [2.45, 2.75) is 32.2 Å². The summed E-state index contributed by atoms with van der Waals surface area (Å²) in [5.74, 6) is 0.585. The highest BCUT2D eigenvalue weighted by molar-refractivity contribution is 5.91. The van der Waals surface area contributed by atoms with E-state index in [1.807, 2.05) is 0 Å². The van der Waals surface area contributed by atoms with Crippen LogP contribution in [0.15, 0.2) is 24.5 Å². The molecule has 2 heterocycles. The molecule has 128 valence electrons. The lowest BCUT2D eigenvalue weighted by Gasteiger charge is -2.34. The topological polar surface area (TPSA) is 83.1 Å². The van der Waals surface area contributed by atoms with Gasteiger partial charge in [0.2, 0.25) is 0 Å². The molecule has 0 unspecified atom stereocenters. The van der Waals surface area contributed by atoms with Crippen LogP contribution in [0.5, 0.6) is 5.75 Å². The molecule has 0 saturated carbocycles. The molecule has 1 aliphatic heterocycles. The molecule has 2 aromatic rings. The van der Waals surface area contributed by atoms with Crippen molar-refractivity contribution < 1.29 is 13.9 Å². The Morgan fingerprint density at radius 3 is 3.12 bits per heavy atom. The first-order chi connectivity index (χ1) is 11.7. The van der Waals surface area contributed by atoms with Crippen LogP contribution in [0.25, 0.3) is 0 Å². The fraction of sp³-hybridized carbons (Fsp3) is 0.438. The summed E-state index contributed by atoms with van der Waals surface area (Å²) in [7, 11) is 0. The van der Waals surface area contributed by atoms with Crippen LogP contribution in [-0.2, 0) is 0 Å². The SMILES string of the molecule is CCOc1cc(F)ccc1NC(=O)N1CCCC[C@H]1c1ncn[nH]1. The lowest BCUT2D eigenvalue weighted by atomic mass is 10.0. The largest absolute Gasteiger partial charge is 0.492 e. The van der Waals surface area contributed by atoms with Gasteiger partial charge in [-0.1, -0.05) is 0 Å². The number of amides is 2. The molecule has 8 heteroatoms. The van der Waals surface area contributed by atoms with Gasteiger partial charge in [-0.2, -0.15) is 5.10 Å². The molecule has 0 bridgehead atoms. The monoisotopic (exact) mass is 333 g/mol. The molecule has 3 rings (SSSR count). The summed E-state index contributed by atoms with van der Waals surface area (Å²) in [5.41, 5.74) is 0.449. The van der Waals surface area contributed by atoms with E-state index < -0.39 is 5.82 Å². The number of aromatic amines is 1. The number of likely N-dealkylation sites (tertiary alicyclic amines) is 1. The molecule has 24 heavy (non-hydrogen) atoms. The van der Waals surface area contributed by atoms with E-state index >= 15 is 0 Å². The van der Waals surface area contributed by atoms with Crippen LogP contribution in [0.3, 0.4) is 0 Å². The van der Waals surface area contributed by atoms with Gasteiger partial charge in [-0.15, -0.1) is 0 Å². The molecule has 0 aliphatic carbocycles. The van der Waals surface area contributed by atoms with Gasteiger partial charge in [-0.05, 0) is 38.3 Å². The molecule has 1 atom stereocenters. The van der Waals surface area contributed by atoms with E-state index in [-0.39, 0.29) is 12.1 Å². The third-order valence-electron chi connectivity index (χ3n) is 4.00. The number of benzene rings is 1. The number of halogens is 1. The lowest BCUT2D eigenvalue weighted by Crippen LogP contribution is -2.41. The Bertz CT molecular complexity index is 692. The van der Waals surface area contributed by atoms with Gasteiger partial charge in [-0.25, -0.2) is 14.2 Å². The van der Waals surface area contributed by atoms with Crippen LogP contribution in [0.1, 0.15) is 38.1 Å². The predicted molar refractivity (Wildman–Crippen MR) is 86.3 cm³/mol. The van der Waals surface area contributed by atoms with Crippen molar-refractivity contribution in [1.29, 1.82) is 0 Å². The fourth-order valence-electron chi connectivity index (χ4n) is 2.90. The van der Waals surface area contributed by atoms with Crippen molar-refractivity contribution in [3.63, 3.8) is 0 Å². The van der Waals surface area contributed by atoms with Crippen LogP contribution in [0, 0.1) is 5.82 Å². The number of piperidine rings is 1. The Hall–Kier alpha value is -2.64. The molecular formula is C16H20FN5O2. The van der Waals surface area contributed by atoms with Crippen LogP contribution >= 0.6 is 0 Å². The summed E-state index contributed by atoms with van der Waals surface area (Å²) in [4.78, 5) is 18.6. The molecule has 1 saturated heterocycles. The van der Waals surface area contributed by atoms with E-state index in [2.05, 4.69) is 20.5 Å². The van der Waals surface area contributed by atoms with Gasteiger partial charge in [0.25, 0.3) is 0 Å². The van der Waals surface area contributed by atoms with Crippen LogP contribution in [0.4, 0.5) is 14.9 Å². The number of H-pyrrole nitrogens is 1. The van der Waals surface area contributed by atoms with Gasteiger partial charge in [0.05, 0.1) is 18.3 Å². The van der Waals surface area contributed by atoms with Crippen molar-refractivity contribution in [2.75, 3.05) is 18.5 Å². The van der Waals surface area contributed by atoms with E-state index in [0.29, 0.717) is 30.4 Å². The number of aromatic nitrogens is 3. The summed E-state index contributed by atoms with van der Waals surface area (Å²) in [5, 5.41) is 9.52. The number of ether oxygens (including phenoxy) is 1. The zero-order valence-corrected chi connectivity index (χ0v) is 13.5. The second kappa shape index (κ2) is 7.29. The minimum atomic E-state index is -0.408. The number of nitrogens with one attached hydrogen (secondary N) is 2. The van der Waals surface area contributed by atoms with Crippen LogP contribution < -0.4 is 10.1 Å². The van der Waals surface area contributed by atoms with Crippen molar-refractivity contribution >= 4 is 11.7 Å².